The van der Waals surface area contributed by atoms with Gasteiger partial charge < -0.3 is 10.0 Å². The van der Waals surface area contributed by atoms with Crippen molar-refractivity contribution in [1.82, 2.24) is 9.88 Å². The number of hydrogen-bond acceptors (Lipinski definition) is 4. The van der Waals surface area contributed by atoms with Gasteiger partial charge in [-0.15, -0.1) is 0 Å². The van der Waals surface area contributed by atoms with Gasteiger partial charge in [-0.25, -0.2) is 4.98 Å². The summed E-state index contributed by atoms with van der Waals surface area (Å²) in [6, 6.07) is 9.27. The number of hydrogen-bond donors (Lipinski definition) is 1. The van der Waals surface area contributed by atoms with Crippen molar-refractivity contribution in [2.75, 3.05) is 31.1 Å². The van der Waals surface area contributed by atoms with Crippen molar-refractivity contribution in [3.63, 3.8) is 0 Å². The maximum absolute atomic E-state index is 12.6. The number of anilines is 1. The molecule has 1 aliphatic rings. The Kier molecular flexibility index (Phi) is 4.64. The highest BCUT2D eigenvalue weighted by atomic mass is 19.4. The lowest BCUT2D eigenvalue weighted by atomic mass is 10.1. The van der Waals surface area contributed by atoms with Gasteiger partial charge in [0.15, 0.2) is 0 Å². The Labute approximate surface area is 138 Å². The Morgan fingerprint density at radius 1 is 1.25 bits per heavy atom. The van der Waals surface area contributed by atoms with Crippen LogP contribution in [0.5, 0.6) is 0 Å². The molecule has 1 N–H and O–H groups in total. The summed E-state index contributed by atoms with van der Waals surface area (Å²) in [7, 11) is 0. The minimum atomic E-state index is -4.19. The summed E-state index contributed by atoms with van der Waals surface area (Å²) in [4.78, 5) is 8.04. The minimum Gasteiger partial charge on any atom is -0.392 e. The van der Waals surface area contributed by atoms with Crippen LogP contribution in [-0.2, 0) is 6.61 Å². The SMILES string of the molecule is CC1CN(c2nc3ccccc3cc2CO)CCN1CC(F)(F)F. The zero-order valence-corrected chi connectivity index (χ0v) is 13.4. The van der Waals surface area contributed by atoms with E-state index in [0.717, 1.165) is 10.9 Å². The van der Waals surface area contributed by atoms with Crippen molar-refractivity contribution in [2.45, 2.75) is 25.7 Å². The molecule has 0 bridgehead atoms. The molecule has 1 fully saturated rings. The van der Waals surface area contributed by atoms with Crippen molar-refractivity contribution in [3.8, 4) is 0 Å². The van der Waals surface area contributed by atoms with Crippen LogP contribution in [0.4, 0.5) is 19.0 Å². The molecule has 1 aromatic carbocycles. The molecular weight excluding hydrogens is 319 g/mol. The maximum Gasteiger partial charge on any atom is 0.401 e. The highest BCUT2D eigenvalue weighted by Crippen LogP contribution is 2.27. The summed E-state index contributed by atoms with van der Waals surface area (Å²) >= 11 is 0. The second-order valence-electron chi connectivity index (χ2n) is 6.20. The van der Waals surface area contributed by atoms with Gasteiger partial charge in [0.1, 0.15) is 5.82 Å². The smallest absolute Gasteiger partial charge is 0.392 e. The van der Waals surface area contributed by atoms with Crippen LogP contribution in [0.2, 0.25) is 0 Å². The van der Waals surface area contributed by atoms with E-state index in [4.69, 9.17) is 0 Å². The highest BCUT2D eigenvalue weighted by molar-refractivity contribution is 5.81. The molecule has 1 saturated heterocycles. The lowest BCUT2D eigenvalue weighted by Gasteiger charge is -2.41. The van der Waals surface area contributed by atoms with E-state index in [-0.39, 0.29) is 12.6 Å². The predicted molar refractivity (Wildman–Crippen MR) is 87.0 cm³/mol. The molecule has 4 nitrogen and oxygen atoms in total. The summed E-state index contributed by atoms with van der Waals surface area (Å²) in [5, 5.41) is 10.6. The number of benzene rings is 1. The molecule has 1 atom stereocenters. The number of halogens is 3. The number of aliphatic hydroxyl groups excluding tert-OH is 1. The molecule has 1 aliphatic heterocycles. The minimum absolute atomic E-state index is 0.148. The summed E-state index contributed by atoms with van der Waals surface area (Å²) < 4.78 is 37.9. The van der Waals surface area contributed by atoms with Gasteiger partial charge in [0, 0.05) is 36.6 Å². The molecule has 0 saturated carbocycles. The fourth-order valence-corrected chi connectivity index (χ4v) is 3.19. The molecule has 0 aliphatic carbocycles. The topological polar surface area (TPSA) is 39.6 Å². The second kappa shape index (κ2) is 6.57. The summed E-state index contributed by atoms with van der Waals surface area (Å²) in [5.41, 5.74) is 1.51. The average Bonchev–Trinajstić information content (AvgIpc) is 2.54. The van der Waals surface area contributed by atoms with Gasteiger partial charge >= 0.3 is 6.18 Å². The fourth-order valence-electron chi connectivity index (χ4n) is 3.19. The molecule has 0 spiro atoms. The normalized spacial score (nSPS) is 19.9. The van der Waals surface area contributed by atoms with Gasteiger partial charge in [0.05, 0.1) is 18.7 Å². The zero-order chi connectivity index (χ0) is 17.3. The van der Waals surface area contributed by atoms with Crippen LogP contribution in [0.15, 0.2) is 30.3 Å². The maximum atomic E-state index is 12.6. The third-order valence-corrected chi connectivity index (χ3v) is 4.40. The molecule has 0 amide bonds. The number of rotatable bonds is 3. The molecule has 3 rings (SSSR count). The number of aliphatic hydroxyl groups is 1. The van der Waals surface area contributed by atoms with Gasteiger partial charge in [0.25, 0.3) is 0 Å². The van der Waals surface area contributed by atoms with Gasteiger partial charge in [-0.3, -0.25) is 4.90 Å². The fraction of sp³-hybridized carbons (Fsp3) is 0.471. The molecule has 24 heavy (non-hydrogen) atoms. The van der Waals surface area contributed by atoms with Crippen molar-refractivity contribution in [3.05, 3.63) is 35.9 Å². The lowest BCUT2D eigenvalue weighted by molar-refractivity contribution is -0.150. The Morgan fingerprint density at radius 3 is 2.67 bits per heavy atom. The molecule has 7 heteroatoms. The van der Waals surface area contributed by atoms with E-state index < -0.39 is 12.7 Å². The van der Waals surface area contributed by atoms with E-state index in [1.165, 1.54) is 4.90 Å². The second-order valence-corrected chi connectivity index (χ2v) is 6.20. The molecule has 0 radical (unpaired) electrons. The first-order chi connectivity index (χ1) is 11.4. The van der Waals surface area contributed by atoms with Gasteiger partial charge in [0.2, 0.25) is 0 Å². The van der Waals surface area contributed by atoms with E-state index >= 15 is 0 Å². The third-order valence-electron chi connectivity index (χ3n) is 4.40. The number of fused-ring (bicyclic) bond motifs is 1. The largest absolute Gasteiger partial charge is 0.401 e. The van der Waals surface area contributed by atoms with E-state index in [1.54, 1.807) is 6.92 Å². The Morgan fingerprint density at radius 2 is 2.00 bits per heavy atom. The number of piperazine rings is 1. The van der Waals surface area contributed by atoms with Crippen LogP contribution in [-0.4, -0.2) is 53.4 Å². The zero-order valence-electron chi connectivity index (χ0n) is 13.4. The van der Waals surface area contributed by atoms with Crippen molar-refractivity contribution < 1.29 is 18.3 Å². The number of alkyl halides is 3. The predicted octanol–water partition coefficient (Wildman–Crippen LogP) is 2.80. The Balaban J connectivity index is 1.84. The standard InChI is InChI=1S/C17H20F3N3O/c1-12-9-22(6-7-23(12)11-17(18,19)20)16-14(10-24)8-13-4-2-3-5-15(13)21-16/h2-5,8,12,24H,6-7,9-11H2,1H3. The molecule has 1 aromatic heterocycles. The van der Waals surface area contributed by atoms with Crippen molar-refractivity contribution in [2.24, 2.45) is 0 Å². The van der Waals surface area contributed by atoms with Crippen LogP contribution < -0.4 is 4.90 Å². The van der Waals surface area contributed by atoms with Crippen LogP contribution >= 0.6 is 0 Å². The summed E-state index contributed by atoms with van der Waals surface area (Å²) in [6.45, 7) is 1.98. The highest BCUT2D eigenvalue weighted by Gasteiger charge is 2.35. The molecular formula is C17H20F3N3O. The molecule has 2 heterocycles. The van der Waals surface area contributed by atoms with Crippen LogP contribution in [0.3, 0.4) is 0 Å². The molecule has 1 unspecified atom stereocenters. The molecule has 130 valence electrons. The number of aromatic nitrogens is 1. The van der Waals surface area contributed by atoms with Crippen molar-refractivity contribution >= 4 is 16.7 Å². The van der Waals surface area contributed by atoms with E-state index in [0.29, 0.717) is 31.0 Å². The van der Waals surface area contributed by atoms with Gasteiger partial charge in [-0.05, 0) is 19.1 Å². The van der Waals surface area contributed by atoms with E-state index in [9.17, 15) is 18.3 Å². The number of pyridine rings is 1. The first kappa shape index (κ1) is 17.0. The van der Waals surface area contributed by atoms with Crippen LogP contribution in [0, 0.1) is 0 Å². The number of nitrogens with zero attached hydrogens (tertiary/aromatic N) is 3. The molecule has 2 aromatic rings. The lowest BCUT2D eigenvalue weighted by Crippen LogP contribution is -2.54. The monoisotopic (exact) mass is 339 g/mol. The average molecular weight is 339 g/mol. The van der Waals surface area contributed by atoms with E-state index in [1.807, 2.05) is 35.2 Å². The van der Waals surface area contributed by atoms with Gasteiger partial charge in [-0.2, -0.15) is 13.2 Å². The Bertz CT molecular complexity index is 720. The van der Waals surface area contributed by atoms with Crippen molar-refractivity contribution in [1.29, 1.82) is 0 Å². The summed E-state index contributed by atoms with van der Waals surface area (Å²) in [6.07, 6.45) is -4.19. The van der Waals surface area contributed by atoms with E-state index in [2.05, 4.69) is 4.98 Å². The first-order valence-electron chi connectivity index (χ1n) is 7.92. The van der Waals surface area contributed by atoms with Crippen LogP contribution in [0.25, 0.3) is 10.9 Å². The van der Waals surface area contributed by atoms with Crippen LogP contribution in [0.1, 0.15) is 12.5 Å². The summed E-state index contributed by atoms with van der Waals surface area (Å²) in [5.74, 6) is 0.662. The Hall–Kier alpha value is -1.86. The third kappa shape index (κ3) is 3.62. The quantitative estimate of drug-likeness (QED) is 0.933. The van der Waals surface area contributed by atoms with Gasteiger partial charge in [-0.1, -0.05) is 18.2 Å². The first-order valence-corrected chi connectivity index (χ1v) is 7.92. The number of para-hydroxylation sites is 1.